The first kappa shape index (κ1) is 15.9. The molecule has 2 rings (SSSR count). The monoisotopic (exact) mass is 310 g/mol. The topological polar surface area (TPSA) is 72.2 Å². The third kappa shape index (κ3) is 5.43. The Bertz CT molecular complexity index is 544. The Morgan fingerprint density at radius 2 is 2.14 bits per heavy atom. The average Bonchev–Trinajstić information content (AvgIpc) is 2.87. The zero-order valence-corrected chi connectivity index (χ0v) is 12.6. The maximum atomic E-state index is 9.82. The molecule has 1 aromatic heterocycles. The summed E-state index contributed by atoms with van der Waals surface area (Å²) in [5.41, 5.74) is 1.03. The van der Waals surface area contributed by atoms with Crippen molar-refractivity contribution in [1.82, 2.24) is 20.1 Å². The van der Waals surface area contributed by atoms with E-state index in [4.69, 9.17) is 16.3 Å². The first-order chi connectivity index (χ1) is 10.1. The van der Waals surface area contributed by atoms with Crippen LogP contribution >= 0.6 is 11.6 Å². The van der Waals surface area contributed by atoms with Gasteiger partial charge in [0, 0.05) is 18.6 Å². The van der Waals surface area contributed by atoms with Crippen molar-refractivity contribution in [3.63, 3.8) is 0 Å². The van der Waals surface area contributed by atoms with E-state index in [0.717, 1.165) is 11.4 Å². The van der Waals surface area contributed by atoms with Crippen LogP contribution in [0.2, 0.25) is 5.02 Å². The van der Waals surface area contributed by atoms with E-state index in [-0.39, 0.29) is 6.61 Å². The van der Waals surface area contributed by atoms with Crippen LogP contribution in [0.25, 0.3) is 0 Å². The van der Waals surface area contributed by atoms with Gasteiger partial charge in [0.1, 0.15) is 12.2 Å². The van der Waals surface area contributed by atoms with Crippen molar-refractivity contribution in [2.45, 2.75) is 19.3 Å². The minimum atomic E-state index is -0.564. The molecule has 0 amide bonds. The van der Waals surface area contributed by atoms with E-state index in [9.17, 15) is 5.11 Å². The molecule has 0 aliphatic rings. The number of aryl methyl sites for hydroxylation is 1. The normalized spacial score (nSPS) is 12.5. The van der Waals surface area contributed by atoms with Gasteiger partial charge in [-0.05, 0) is 17.7 Å². The van der Waals surface area contributed by atoms with Crippen LogP contribution in [-0.4, -0.2) is 39.1 Å². The first-order valence-electron chi connectivity index (χ1n) is 6.69. The second-order valence-corrected chi connectivity index (χ2v) is 5.22. The number of hydrogen-bond acceptors (Lipinski definition) is 5. The molecule has 0 aliphatic heterocycles. The molecule has 1 aromatic carbocycles. The predicted octanol–water partition coefficient (Wildman–Crippen LogP) is 1.14. The lowest BCUT2D eigenvalue weighted by atomic mass is 10.2. The van der Waals surface area contributed by atoms with E-state index >= 15 is 0 Å². The van der Waals surface area contributed by atoms with Crippen molar-refractivity contribution in [3.05, 3.63) is 47.0 Å². The third-order valence-electron chi connectivity index (χ3n) is 2.96. The van der Waals surface area contributed by atoms with Crippen molar-refractivity contribution >= 4 is 11.6 Å². The van der Waals surface area contributed by atoms with E-state index in [0.29, 0.717) is 24.7 Å². The van der Waals surface area contributed by atoms with E-state index in [1.54, 1.807) is 6.33 Å². The van der Waals surface area contributed by atoms with Crippen LogP contribution in [0.1, 0.15) is 11.4 Å². The maximum absolute atomic E-state index is 9.82. The highest BCUT2D eigenvalue weighted by Crippen LogP contribution is 2.10. The van der Waals surface area contributed by atoms with Crippen LogP contribution in [0.5, 0.6) is 0 Å². The lowest BCUT2D eigenvalue weighted by Gasteiger charge is -2.12. The van der Waals surface area contributed by atoms with Crippen LogP contribution in [0, 0.1) is 0 Å². The average molecular weight is 311 g/mol. The van der Waals surface area contributed by atoms with Crippen LogP contribution in [0.3, 0.4) is 0 Å². The van der Waals surface area contributed by atoms with Gasteiger partial charge in [-0.2, -0.15) is 0 Å². The second-order valence-electron chi connectivity index (χ2n) is 4.78. The predicted molar refractivity (Wildman–Crippen MR) is 79.8 cm³/mol. The molecule has 0 aliphatic carbocycles. The molecule has 0 fully saturated rings. The van der Waals surface area contributed by atoms with Crippen LogP contribution < -0.4 is 5.32 Å². The largest absolute Gasteiger partial charge is 0.389 e. The highest BCUT2D eigenvalue weighted by Gasteiger charge is 2.06. The van der Waals surface area contributed by atoms with Gasteiger partial charge in [0.25, 0.3) is 0 Å². The van der Waals surface area contributed by atoms with Crippen molar-refractivity contribution in [2.75, 3.05) is 13.2 Å². The number of benzene rings is 1. The number of aliphatic hydroxyl groups is 1. The molecular formula is C14H19ClN4O2. The van der Waals surface area contributed by atoms with Gasteiger partial charge in [0.05, 0.1) is 25.9 Å². The number of ether oxygens (including phenoxy) is 1. The minimum Gasteiger partial charge on any atom is -0.389 e. The van der Waals surface area contributed by atoms with Gasteiger partial charge in [-0.25, -0.2) is 0 Å². The van der Waals surface area contributed by atoms with Gasteiger partial charge in [0.15, 0.2) is 0 Å². The van der Waals surface area contributed by atoms with Gasteiger partial charge in [0.2, 0.25) is 0 Å². The van der Waals surface area contributed by atoms with Crippen LogP contribution in [-0.2, 0) is 24.9 Å². The van der Waals surface area contributed by atoms with E-state index in [1.807, 2.05) is 35.9 Å². The van der Waals surface area contributed by atoms with Gasteiger partial charge >= 0.3 is 0 Å². The SMILES string of the molecule is Cn1cnnc1CNCC(O)COCc1ccc(Cl)cc1. The smallest absolute Gasteiger partial charge is 0.146 e. The zero-order chi connectivity index (χ0) is 15.1. The molecule has 0 bridgehead atoms. The van der Waals surface area contributed by atoms with Crippen LogP contribution in [0.15, 0.2) is 30.6 Å². The van der Waals surface area contributed by atoms with Crippen molar-refractivity contribution in [1.29, 1.82) is 0 Å². The summed E-state index contributed by atoms with van der Waals surface area (Å²) >= 11 is 5.81. The summed E-state index contributed by atoms with van der Waals surface area (Å²) < 4.78 is 7.30. The molecule has 0 radical (unpaired) electrons. The lowest BCUT2D eigenvalue weighted by Crippen LogP contribution is -2.30. The molecule has 1 unspecified atom stereocenters. The molecule has 0 saturated heterocycles. The Kier molecular flexibility index (Phi) is 6.13. The summed E-state index contributed by atoms with van der Waals surface area (Å²) in [4.78, 5) is 0. The Morgan fingerprint density at radius 3 is 2.81 bits per heavy atom. The number of nitrogens with one attached hydrogen (secondary N) is 1. The molecule has 0 spiro atoms. The molecule has 21 heavy (non-hydrogen) atoms. The number of rotatable bonds is 8. The zero-order valence-electron chi connectivity index (χ0n) is 11.9. The van der Waals surface area contributed by atoms with Gasteiger partial charge in [-0.3, -0.25) is 0 Å². The van der Waals surface area contributed by atoms with E-state index in [2.05, 4.69) is 15.5 Å². The highest BCUT2D eigenvalue weighted by molar-refractivity contribution is 6.30. The molecule has 2 aromatic rings. The Hall–Kier alpha value is -1.47. The van der Waals surface area contributed by atoms with E-state index < -0.39 is 6.10 Å². The molecule has 6 nitrogen and oxygen atoms in total. The molecule has 7 heteroatoms. The summed E-state index contributed by atoms with van der Waals surface area (Å²) in [6, 6.07) is 7.44. The summed E-state index contributed by atoms with van der Waals surface area (Å²) in [5, 5.41) is 21.4. The second kappa shape index (κ2) is 8.09. The number of nitrogens with zero attached hydrogens (tertiary/aromatic N) is 3. The fourth-order valence-electron chi connectivity index (χ4n) is 1.77. The number of halogens is 1. The van der Waals surface area contributed by atoms with Gasteiger partial charge < -0.3 is 19.7 Å². The molecule has 1 atom stereocenters. The lowest BCUT2D eigenvalue weighted by molar-refractivity contribution is 0.0286. The molecule has 114 valence electrons. The Balaban J connectivity index is 1.60. The Labute approximate surface area is 128 Å². The van der Waals surface area contributed by atoms with E-state index in [1.165, 1.54) is 0 Å². The standard InChI is InChI=1S/C14H19ClN4O2/c1-19-10-17-18-14(19)7-16-6-13(20)9-21-8-11-2-4-12(15)5-3-11/h2-5,10,13,16,20H,6-9H2,1H3. The number of hydrogen-bond donors (Lipinski definition) is 2. The Morgan fingerprint density at radius 1 is 1.38 bits per heavy atom. The highest BCUT2D eigenvalue weighted by atomic mass is 35.5. The summed E-state index contributed by atoms with van der Waals surface area (Å²) in [5.74, 6) is 0.823. The fraction of sp³-hybridized carbons (Fsp3) is 0.429. The number of aromatic nitrogens is 3. The molecule has 0 saturated carbocycles. The summed E-state index contributed by atoms with van der Waals surface area (Å²) in [7, 11) is 1.88. The quantitative estimate of drug-likeness (QED) is 0.765. The summed E-state index contributed by atoms with van der Waals surface area (Å²) in [6.07, 6.45) is 1.08. The van der Waals surface area contributed by atoms with Crippen LogP contribution in [0.4, 0.5) is 0 Å². The fourth-order valence-corrected chi connectivity index (χ4v) is 1.90. The van der Waals surface area contributed by atoms with Gasteiger partial charge in [-0.1, -0.05) is 23.7 Å². The number of aliphatic hydroxyl groups excluding tert-OH is 1. The van der Waals surface area contributed by atoms with Gasteiger partial charge in [-0.15, -0.1) is 10.2 Å². The summed E-state index contributed by atoms with van der Waals surface area (Å²) in [6.45, 7) is 1.73. The van der Waals surface area contributed by atoms with Crippen molar-refractivity contribution in [3.8, 4) is 0 Å². The third-order valence-corrected chi connectivity index (χ3v) is 3.21. The molecular weight excluding hydrogens is 292 g/mol. The van der Waals surface area contributed by atoms with Crippen molar-refractivity contribution in [2.24, 2.45) is 7.05 Å². The maximum Gasteiger partial charge on any atom is 0.146 e. The molecule has 1 heterocycles. The van der Waals surface area contributed by atoms with Crippen molar-refractivity contribution < 1.29 is 9.84 Å². The minimum absolute atomic E-state index is 0.272. The molecule has 2 N–H and O–H groups in total. The first-order valence-corrected chi connectivity index (χ1v) is 7.07.